The van der Waals surface area contributed by atoms with Gasteiger partial charge in [-0.05, 0) is 60.2 Å². The van der Waals surface area contributed by atoms with Crippen LogP contribution >= 0.6 is 22.9 Å². The zero-order valence-electron chi connectivity index (χ0n) is 16.4. The second-order valence-corrected chi connectivity index (χ2v) is 8.26. The molecule has 150 valence electrons. The van der Waals surface area contributed by atoms with Crippen LogP contribution < -0.4 is 10.1 Å². The summed E-state index contributed by atoms with van der Waals surface area (Å²) in [6, 6.07) is 16.5. The van der Waals surface area contributed by atoms with E-state index in [0.29, 0.717) is 33.8 Å². The molecule has 6 heteroatoms. The van der Waals surface area contributed by atoms with Crippen LogP contribution in [0.1, 0.15) is 36.2 Å². The molecule has 0 fully saturated rings. The van der Waals surface area contributed by atoms with E-state index >= 15 is 0 Å². The molecule has 0 saturated carbocycles. The molecule has 2 aromatic carbocycles. The number of rotatable bonds is 8. The summed E-state index contributed by atoms with van der Waals surface area (Å²) >= 11 is 7.31. The summed E-state index contributed by atoms with van der Waals surface area (Å²) in [5.41, 5.74) is 2.09. The van der Waals surface area contributed by atoms with E-state index in [0.717, 1.165) is 17.7 Å². The summed E-state index contributed by atoms with van der Waals surface area (Å²) in [5.74, 6) is 1.17. The summed E-state index contributed by atoms with van der Waals surface area (Å²) in [6.07, 6.45) is 2.74. The average molecular weight is 427 g/mol. The van der Waals surface area contributed by atoms with Gasteiger partial charge in [0.1, 0.15) is 10.8 Å². The highest BCUT2D eigenvalue weighted by atomic mass is 35.5. The standard InChI is InChI=1S/C23H23ClN2O2S/c1-16(2)11-13-28-21-6-4-3-5-17(21)15-25-23-20(12-14-29-23)22(27)26-19-9-7-18(24)8-10-19/h3-10,12,14-16H,11,13H2,1-2H3,(H,26,27)/b25-15+. The van der Waals surface area contributed by atoms with Crippen molar-refractivity contribution in [2.45, 2.75) is 20.3 Å². The Balaban J connectivity index is 1.72. The number of thiophene rings is 1. The Morgan fingerprint density at radius 2 is 1.93 bits per heavy atom. The van der Waals surface area contributed by atoms with Crippen molar-refractivity contribution in [3.63, 3.8) is 0 Å². The number of carbonyl (C=O) groups is 1. The zero-order chi connectivity index (χ0) is 20.6. The minimum atomic E-state index is -0.206. The number of benzene rings is 2. The normalized spacial score (nSPS) is 11.2. The molecule has 0 atom stereocenters. The van der Waals surface area contributed by atoms with E-state index in [9.17, 15) is 4.79 Å². The largest absolute Gasteiger partial charge is 0.493 e. The van der Waals surface area contributed by atoms with Crippen LogP contribution in [0.3, 0.4) is 0 Å². The van der Waals surface area contributed by atoms with Crippen molar-refractivity contribution in [2.24, 2.45) is 10.9 Å². The Kier molecular flexibility index (Phi) is 7.44. The fourth-order valence-electron chi connectivity index (χ4n) is 2.56. The lowest BCUT2D eigenvalue weighted by Gasteiger charge is -2.10. The van der Waals surface area contributed by atoms with Crippen molar-refractivity contribution in [3.8, 4) is 5.75 Å². The molecule has 3 rings (SSSR count). The monoisotopic (exact) mass is 426 g/mol. The van der Waals surface area contributed by atoms with Gasteiger partial charge >= 0.3 is 0 Å². The lowest BCUT2D eigenvalue weighted by atomic mass is 10.1. The van der Waals surface area contributed by atoms with E-state index in [1.807, 2.05) is 29.6 Å². The number of hydrogen-bond donors (Lipinski definition) is 1. The Morgan fingerprint density at radius 3 is 2.69 bits per heavy atom. The molecule has 4 nitrogen and oxygen atoms in total. The quantitative estimate of drug-likeness (QED) is 0.401. The first-order valence-electron chi connectivity index (χ1n) is 9.43. The number of anilines is 1. The predicted octanol–water partition coefficient (Wildman–Crippen LogP) is 6.83. The highest BCUT2D eigenvalue weighted by molar-refractivity contribution is 7.14. The van der Waals surface area contributed by atoms with Gasteiger partial charge in [0.2, 0.25) is 0 Å². The number of para-hydroxylation sites is 1. The molecule has 0 radical (unpaired) electrons. The van der Waals surface area contributed by atoms with Gasteiger partial charge in [-0.3, -0.25) is 4.79 Å². The molecule has 1 amide bonds. The van der Waals surface area contributed by atoms with Gasteiger partial charge in [-0.15, -0.1) is 11.3 Å². The van der Waals surface area contributed by atoms with Gasteiger partial charge in [0, 0.05) is 22.5 Å². The zero-order valence-corrected chi connectivity index (χ0v) is 18.0. The number of ether oxygens (including phenoxy) is 1. The topological polar surface area (TPSA) is 50.7 Å². The fraction of sp³-hybridized carbons (Fsp3) is 0.217. The number of amides is 1. The number of aliphatic imine (C=N–C) groups is 1. The molecule has 0 aliphatic carbocycles. The summed E-state index contributed by atoms with van der Waals surface area (Å²) in [5, 5.41) is 6.00. The molecule has 0 aliphatic heterocycles. The van der Waals surface area contributed by atoms with Crippen LogP contribution in [0.4, 0.5) is 10.7 Å². The SMILES string of the molecule is CC(C)CCOc1ccccc1/C=N/c1sccc1C(=O)Nc1ccc(Cl)cc1. The fourth-order valence-corrected chi connectivity index (χ4v) is 3.42. The van der Waals surface area contributed by atoms with Crippen LogP contribution in [0.25, 0.3) is 0 Å². The number of hydrogen-bond acceptors (Lipinski definition) is 4. The van der Waals surface area contributed by atoms with Gasteiger partial charge in [-0.1, -0.05) is 37.6 Å². The van der Waals surface area contributed by atoms with Crippen molar-refractivity contribution >= 4 is 45.7 Å². The first-order valence-corrected chi connectivity index (χ1v) is 10.7. The van der Waals surface area contributed by atoms with Gasteiger partial charge in [0.15, 0.2) is 0 Å². The van der Waals surface area contributed by atoms with Crippen molar-refractivity contribution in [3.05, 3.63) is 76.1 Å². The molecule has 1 aromatic heterocycles. The smallest absolute Gasteiger partial charge is 0.258 e. The molecule has 1 N–H and O–H groups in total. The van der Waals surface area contributed by atoms with Crippen molar-refractivity contribution < 1.29 is 9.53 Å². The maximum absolute atomic E-state index is 12.6. The molecule has 0 bridgehead atoms. The molecule has 29 heavy (non-hydrogen) atoms. The van der Waals surface area contributed by atoms with Crippen LogP contribution in [-0.4, -0.2) is 18.7 Å². The van der Waals surface area contributed by atoms with E-state index in [-0.39, 0.29) is 5.91 Å². The van der Waals surface area contributed by atoms with Crippen LogP contribution in [0.5, 0.6) is 5.75 Å². The summed E-state index contributed by atoms with van der Waals surface area (Å²) in [7, 11) is 0. The number of carbonyl (C=O) groups excluding carboxylic acids is 1. The van der Waals surface area contributed by atoms with Crippen LogP contribution in [0, 0.1) is 5.92 Å². The van der Waals surface area contributed by atoms with Gasteiger partial charge in [-0.2, -0.15) is 0 Å². The molecule has 0 spiro atoms. The van der Waals surface area contributed by atoms with Crippen LogP contribution in [0.15, 0.2) is 65.0 Å². The van der Waals surface area contributed by atoms with Crippen LogP contribution in [-0.2, 0) is 0 Å². The highest BCUT2D eigenvalue weighted by Gasteiger charge is 2.13. The highest BCUT2D eigenvalue weighted by Crippen LogP contribution is 2.28. The third-order valence-corrected chi connectivity index (χ3v) is 5.26. The lowest BCUT2D eigenvalue weighted by Crippen LogP contribution is -2.10. The van der Waals surface area contributed by atoms with E-state index in [1.54, 1.807) is 36.5 Å². The number of halogens is 1. The molecular weight excluding hydrogens is 404 g/mol. The molecule has 0 saturated heterocycles. The molecule has 0 unspecified atom stereocenters. The second-order valence-electron chi connectivity index (χ2n) is 6.93. The van der Waals surface area contributed by atoms with E-state index in [4.69, 9.17) is 16.3 Å². The summed E-state index contributed by atoms with van der Waals surface area (Å²) < 4.78 is 5.91. The second kappa shape index (κ2) is 10.2. The van der Waals surface area contributed by atoms with Gasteiger partial charge in [0.25, 0.3) is 5.91 Å². The number of nitrogens with one attached hydrogen (secondary N) is 1. The Labute approximate surface area is 180 Å². The van der Waals surface area contributed by atoms with Crippen molar-refractivity contribution in [1.29, 1.82) is 0 Å². The molecular formula is C23H23ClN2O2S. The van der Waals surface area contributed by atoms with Gasteiger partial charge < -0.3 is 10.1 Å². The molecule has 0 aliphatic rings. The Bertz CT molecular complexity index is 981. The van der Waals surface area contributed by atoms with Gasteiger partial charge in [-0.25, -0.2) is 4.99 Å². The third kappa shape index (κ3) is 6.17. The van der Waals surface area contributed by atoms with Gasteiger partial charge in [0.05, 0.1) is 12.2 Å². The lowest BCUT2D eigenvalue weighted by molar-refractivity contribution is 0.102. The minimum Gasteiger partial charge on any atom is -0.493 e. The first kappa shape index (κ1) is 21.1. The summed E-state index contributed by atoms with van der Waals surface area (Å²) in [6.45, 7) is 5.00. The molecule has 3 aromatic rings. The Hall–Kier alpha value is -2.63. The van der Waals surface area contributed by atoms with Crippen LogP contribution in [0.2, 0.25) is 5.02 Å². The summed E-state index contributed by atoms with van der Waals surface area (Å²) in [4.78, 5) is 17.2. The maximum Gasteiger partial charge on any atom is 0.258 e. The van der Waals surface area contributed by atoms with Crippen molar-refractivity contribution in [1.82, 2.24) is 0 Å². The molecule has 1 heterocycles. The number of nitrogens with zero attached hydrogens (tertiary/aromatic N) is 1. The van der Waals surface area contributed by atoms with Crippen molar-refractivity contribution in [2.75, 3.05) is 11.9 Å². The maximum atomic E-state index is 12.6. The predicted molar refractivity (Wildman–Crippen MR) is 122 cm³/mol. The van der Waals surface area contributed by atoms with E-state index in [1.165, 1.54) is 11.3 Å². The van der Waals surface area contributed by atoms with E-state index < -0.39 is 0 Å². The average Bonchev–Trinajstić information content (AvgIpc) is 3.17. The van der Waals surface area contributed by atoms with E-state index in [2.05, 4.69) is 24.2 Å². The Morgan fingerprint density at radius 1 is 1.17 bits per heavy atom. The minimum absolute atomic E-state index is 0.206. The third-order valence-electron chi connectivity index (χ3n) is 4.18. The first-order chi connectivity index (χ1) is 14.0.